The van der Waals surface area contributed by atoms with Crippen molar-refractivity contribution in [1.82, 2.24) is 10.2 Å². The average Bonchev–Trinajstić information content (AvgIpc) is 3.23. The minimum absolute atomic E-state index is 0.0848. The van der Waals surface area contributed by atoms with E-state index in [4.69, 9.17) is 8.83 Å². The van der Waals surface area contributed by atoms with Crippen LogP contribution in [0.3, 0.4) is 0 Å². The third kappa shape index (κ3) is 4.10. The van der Waals surface area contributed by atoms with E-state index < -0.39 is 41.0 Å². The van der Waals surface area contributed by atoms with Crippen molar-refractivity contribution in [3.8, 4) is 11.7 Å². The summed E-state index contributed by atoms with van der Waals surface area (Å²) in [6.45, 7) is 0. The average molecular weight is 391 g/mol. The van der Waals surface area contributed by atoms with Crippen molar-refractivity contribution in [2.75, 3.05) is 5.32 Å². The van der Waals surface area contributed by atoms with Gasteiger partial charge < -0.3 is 8.83 Å². The summed E-state index contributed by atoms with van der Waals surface area (Å²) in [6, 6.07) is 2.93. The summed E-state index contributed by atoms with van der Waals surface area (Å²) >= 11 is 0. The molecule has 0 bridgehead atoms. The van der Waals surface area contributed by atoms with Crippen LogP contribution in [0.4, 0.5) is 32.4 Å². The lowest BCUT2D eigenvalue weighted by atomic mass is 10.0. The lowest BCUT2D eigenvalue weighted by molar-refractivity contribution is -0.143. The van der Waals surface area contributed by atoms with Gasteiger partial charge in [-0.25, -0.2) is 0 Å². The fraction of sp³-hybridized carbons (Fsp3) is 0.133. The highest BCUT2D eigenvalue weighted by Gasteiger charge is 2.37. The Labute approximate surface area is 145 Å². The van der Waals surface area contributed by atoms with Gasteiger partial charge in [-0.15, -0.1) is 5.10 Å². The van der Waals surface area contributed by atoms with Crippen LogP contribution in [0.25, 0.3) is 11.7 Å². The number of nitrogens with zero attached hydrogens (tertiary/aromatic N) is 2. The minimum Gasteiger partial charge on any atom is -0.459 e. The zero-order valence-corrected chi connectivity index (χ0v) is 12.9. The van der Waals surface area contributed by atoms with Crippen LogP contribution >= 0.6 is 0 Å². The highest BCUT2D eigenvalue weighted by Crippen LogP contribution is 2.36. The summed E-state index contributed by atoms with van der Waals surface area (Å²) in [5.41, 5.74) is -4.12. The number of furan rings is 1. The molecular weight excluding hydrogens is 384 g/mol. The maximum atomic E-state index is 12.8. The Hall–Kier alpha value is -3.31. The van der Waals surface area contributed by atoms with Gasteiger partial charge in [-0.1, -0.05) is 5.10 Å². The molecule has 2 heterocycles. The zero-order chi connectivity index (χ0) is 19.8. The molecule has 0 aliphatic carbocycles. The fourth-order valence-electron chi connectivity index (χ4n) is 2.03. The molecular formula is C15H7F6N3O3. The van der Waals surface area contributed by atoms with E-state index in [0.717, 1.165) is 0 Å². The maximum Gasteiger partial charge on any atom is 0.416 e. The summed E-state index contributed by atoms with van der Waals surface area (Å²) in [5, 5.41) is 8.90. The first-order chi connectivity index (χ1) is 12.5. The molecule has 0 aliphatic heterocycles. The summed E-state index contributed by atoms with van der Waals surface area (Å²) in [4.78, 5) is 12.1. The topological polar surface area (TPSA) is 81.2 Å². The van der Waals surface area contributed by atoms with Gasteiger partial charge in [-0.2, -0.15) is 26.3 Å². The van der Waals surface area contributed by atoms with Gasteiger partial charge in [0.2, 0.25) is 0 Å². The molecule has 0 saturated carbocycles. The molecule has 27 heavy (non-hydrogen) atoms. The van der Waals surface area contributed by atoms with E-state index in [-0.39, 0.29) is 29.9 Å². The molecule has 6 nitrogen and oxygen atoms in total. The SMILES string of the molecule is O=C(Nc1nnc(-c2ccco2)o1)c1cc(C(F)(F)F)cc(C(F)(F)F)c1. The Morgan fingerprint density at radius 1 is 0.963 bits per heavy atom. The molecule has 0 atom stereocenters. The predicted octanol–water partition coefficient (Wildman–Crippen LogP) is 4.62. The van der Waals surface area contributed by atoms with Crippen LogP contribution in [-0.4, -0.2) is 16.1 Å². The van der Waals surface area contributed by atoms with Crippen LogP contribution in [0.1, 0.15) is 21.5 Å². The first-order valence-electron chi connectivity index (χ1n) is 7.02. The third-order valence-corrected chi connectivity index (χ3v) is 3.23. The molecule has 0 unspecified atom stereocenters. The van der Waals surface area contributed by atoms with Crippen molar-refractivity contribution in [2.24, 2.45) is 0 Å². The van der Waals surface area contributed by atoms with Crippen LogP contribution in [0.2, 0.25) is 0 Å². The molecule has 2 aromatic heterocycles. The molecule has 12 heteroatoms. The number of halogens is 6. The van der Waals surface area contributed by atoms with Crippen molar-refractivity contribution in [2.45, 2.75) is 12.4 Å². The summed E-state index contributed by atoms with van der Waals surface area (Å²) in [7, 11) is 0. The Bertz CT molecular complexity index is 928. The highest BCUT2D eigenvalue weighted by atomic mass is 19.4. The van der Waals surface area contributed by atoms with Gasteiger partial charge in [-0.05, 0) is 30.3 Å². The summed E-state index contributed by atoms with van der Waals surface area (Å²) < 4.78 is 87.0. The molecule has 3 rings (SSSR count). The first-order valence-corrected chi connectivity index (χ1v) is 7.02. The molecule has 0 spiro atoms. The number of nitrogens with one attached hydrogen (secondary N) is 1. The second-order valence-corrected chi connectivity index (χ2v) is 5.14. The molecule has 1 aromatic carbocycles. The molecule has 1 N–H and O–H groups in total. The van der Waals surface area contributed by atoms with Gasteiger partial charge >= 0.3 is 18.4 Å². The van der Waals surface area contributed by atoms with Crippen LogP contribution < -0.4 is 5.32 Å². The number of rotatable bonds is 3. The maximum absolute atomic E-state index is 12.8. The predicted molar refractivity (Wildman–Crippen MR) is 76.4 cm³/mol. The van der Waals surface area contributed by atoms with Gasteiger partial charge in [0.25, 0.3) is 11.8 Å². The van der Waals surface area contributed by atoms with Gasteiger partial charge in [0.1, 0.15) is 0 Å². The number of carbonyl (C=O) groups is 1. The number of aromatic nitrogens is 2. The van der Waals surface area contributed by atoms with Crippen molar-refractivity contribution in [3.63, 3.8) is 0 Å². The minimum atomic E-state index is -5.08. The number of hydrogen-bond acceptors (Lipinski definition) is 5. The summed E-state index contributed by atoms with van der Waals surface area (Å²) in [6.07, 6.45) is -8.85. The lowest BCUT2D eigenvalue weighted by Gasteiger charge is -2.13. The first kappa shape index (κ1) is 18.5. The number of amides is 1. The Morgan fingerprint density at radius 2 is 1.59 bits per heavy atom. The van der Waals surface area contributed by atoms with E-state index in [2.05, 4.69) is 10.2 Å². The van der Waals surface area contributed by atoms with Crippen LogP contribution in [0.5, 0.6) is 0 Å². The van der Waals surface area contributed by atoms with Gasteiger partial charge in [0.05, 0.1) is 17.4 Å². The molecule has 3 aromatic rings. The Kier molecular flexibility index (Phi) is 4.41. The molecule has 0 saturated heterocycles. The van der Waals surface area contributed by atoms with Gasteiger partial charge in [0, 0.05) is 5.56 Å². The smallest absolute Gasteiger partial charge is 0.416 e. The molecule has 0 aliphatic rings. The van der Waals surface area contributed by atoms with Gasteiger partial charge in [-0.3, -0.25) is 10.1 Å². The van der Waals surface area contributed by atoms with Crippen LogP contribution in [0.15, 0.2) is 45.4 Å². The molecule has 1 amide bonds. The molecule has 142 valence electrons. The molecule has 0 radical (unpaired) electrons. The second kappa shape index (κ2) is 6.45. The fourth-order valence-corrected chi connectivity index (χ4v) is 2.03. The lowest BCUT2D eigenvalue weighted by Crippen LogP contribution is -2.17. The Morgan fingerprint density at radius 3 is 2.11 bits per heavy atom. The second-order valence-electron chi connectivity index (χ2n) is 5.14. The Balaban J connectivity index is 1.90. The zero-order valence-electron chi connectivity index (χ0n) is 12.9. The van der Waals surface area contributed by atoms with E-state index in [9.17, 15) is 31.1 Å². The standard InChI is InChI=1S/C15H7F6N3O3/c16-14(17,18)8-4-7(5-9(6-8)15(19,20)21)11(25)22-13-24-23-12(27-13)10-2-1-3-26-10/h1-6H,(H,22,24,25). The van der Waals surface area contributed by atoms with E-state index in [0.29, 0.717) is 0 Å². The van der Waals surface area contributed by atoms with E-state index in [1.165, 1.54) is 18.4 Å². The van der Waals surface area contributed by atoms with E-state index >= 15 is 0 Å². The number of carbonyl (C=O) groups excluding carboxylic acids is 1. The quantitative estimate of drug-likeness (QED) is 0.659. The monoisotopic (exact) mass is 391 g/mol. The number of hydrogen-bond donors (Lipinski definition) is 1. The third-order valence-electron chi connectivity index (χ3n) is 3.23. The van der Waals surface area contributed by atoms with E-state index in [1.54, 1.807) is 0 Å². The normalized spacial score (nSPS) is 12.2. The van der Waals surface area contributed by atoms with Crippen LogP contribution in [-0.2, 0) is 12.4 Å². The van der Waals surface area contributed by atoms with Gasteiger partial charge in [0.15, 0.2) is 5.76 Å². The highest BCUT2D eigenvalue weighted by molar-refractivity contribution is 6.03. The summed E-state index contributed by atoms with van der Waals surface area (Å²) in [5.74, 6) is -1.28. The van der Waals surface area contributed by atoms with E-state index in [1.807, 2.05) is 5.32 Å². The van der Waals surface area contributed by atoms with Crippen molar-refractivity contribution in [1.29, 1.82) is 0 Å². The number of alkyl halides is 6. The number of benzene rings is 1. The van der Waals surface area contributed by atoms with Crippen molar-refractivity contribution >= 4 is 11.9 Å². The van der Waals surface area contributed by atoms with Crippen LogP contribution in [0, 0.1) is 0 Å². The van der Waals surface area contributed by atoms with Crippen molar-refractivity contribution in [3.05, 3.63) is 53.3 Å². The van der Waals surface area contributed by atoms with Crippen molar-refractivity contribution < 1.29 is 40.0 Å². The number of anilines is 1. The molecule has 0 fully saturated rings. The largest absolute Gasteiger partial charge is 0.459 e.